The van der Waals surface area contributed by atoms with Gasteiger partial charge in [0.25, 0.3) is 0 Å². The molecule has 0 atom stereocenters. The van der Waals surface area contributed by atoms with Crippen molar-refractivity contribution in [3.8, 4) is 0 Å². The van der Waals surface area contributed by atoms with Gasteiger partial charge in [0.1, 0.15) is 0 Å². The van der Waals surface area contributed by atoms with Crippen LogP contribution in [0.25, 0.3) is 10.9 Å². The van der Waals surface area contributed by atoms with Gasteiger partial charge in [-0.3, -0.25) is 10.8 Å². The van der Waals surface area contributed by atoms with Crippen molar-refractivity contribution >= 4 is 32.5 Å². The maximum absolute atomic E-state index is 5.56. The first kappa shape index (κ1) is 10.1. The van der Waals surface area contributed by atoms with Crippen molar-refractivity contribution in [2.45, 2.75) is 18.8 Å². The van der Waals surface area contributed by atoms with E-state index in [9.17, 15) is 0 Å². The molecule has 1 aromatic carbocycles. The van der Waals surface area contributed by atoms with Crippen molar-refractivity contribution in [2.75, 3.05) is 5.43 Å². The molecule has 1 fully saturated rings. The SMILES string of the molecule is NNc1cc(C2CC2)nc2ccc(Br)cc12. The topological polar surface area (TPSA) is 50.9 Å². The molecule has 0 radical (unpaired) electrons. The van der Waals surface area contributed by atoms with Crippen molar-refractivity contribution < 1.29 is 0 Å². The quantitative estimate of drug-likeness (QED) is 0.655. The first-order valence-electron chi connectivity index (χ1n) is 5.35. The first-order valence-corrected chi connectivity index (χ1v) is 6.14. The summed E-state index contributed by atoms with van der Waals surface area (Å²) >= 11 is 3.46. The second kappa shape index (κ2) is 3.71. The number of aromatic nitrogens is 1. The largest absolute Gasteiger partial charge is 0.323 e. The highest BCUT2D eigenvalue weighted by Crippen LogP contribution is 2.41. The van der Waals surface area contributed by atoms with Crippen LogP contribution in [0.1, 0.15) is 24.5 Å². The number of nitrogens with two attached hydrogens (primary N) is 1. The average Bonchev–Trinajstić information content (AvgIpc) is 3.11. The van der Waals surface area contributed by atoms with Gasteiger partial charge in [0, 0.05) is 21.5 Å². The highest BCUT2D eigenvalue weighted by atomic mass is 79.9. The van der Waals surface area contributed by atoms with Gasteiger partial charge < -0.3 is 5.43 Å². The third-order valence-corrected chi connectivity index (χ3v) is 3.43. The number of rotatable bonds is 2. The number of hydrogen-bond donors (Lipinski definition) is 2. The number of hydrazine groups is 1. The van der Waals surface area contributed by atoms with E-state index in [0.29, 0.717) is 5.92 Å². The number of nitrogens with one attached hydrogen (secondary N) is 1. The predicted octanol–water partition coefficient (Wildman–Crippen LogP) is 3.16. The van der Waals surface area contributed by atoms with Crippen molar-refractivity contribution in [3.63, 3.8) is 0 Å². The van der Waals surface area contributed by atoms with Crippen LogP contribution >= 0.6 is 15.9 Å². The number of pyridine rings is 1. The molecular weight excluding hydrogens is 266 g/mol. The van der Waals surface area contributed by atoms with Crippen LogP contribution in [0.4, 0.5) is 5.69 Å². The van der Waals surface area contributed by atoms with E-state index in [1.165, 1.54) is 12.8 Å². The van der Waals surface area contributed by atoms with Crippen LogP contribution in [0.2, 0.25) is 0 Å². The first-order chi connectivity index (χ1) is 7.78. The van der Waals surface area contributed by atoms with E-state index in [1.807, 2.05) is 18.2 Å². The fraction of sp³-hybridized carbons (Fsp3) is 0.250. The summed E-state index contributed by atoms with van der Waals surface area (Å²) in [6.07, 6.45) is 2.50. The zero-order valence-corrected chi connectivity index (χ0v) is 10.3. The van der Waals surface area contributed by atoms with Gasteiger partial charge in [-0.05, 0) is 37.1 Å². The lowest BCUT2D eigenvalue weighted by atomic mass is 10.1. The minimum atomic E-state index is 0.639. The smallest absolute Gasteiger partial charge is 0.0727 e. The van der Waals surface area contributed by atoms with E-state index >= 15 is 0 Å². The second-order valence-corrected chi connectivity index (χ2v) is 5.09. The van der Waals surface area contributed by atoms with E-state index in [-0.39, 0.29) is 0 Å². The molecule has 1 heterocycles. The molecule has 1 aliphatic rings. The third kappa shape index (κ3) is 1.68. The van der Waals surface area contributed by atoms with Crippen molar-refractivity contribution in [3.05, 3.63) is 34.4 Å². The monoisotopic (exact) mass is 277 g/mol. The molecule has 2 aromatic rings. The van der Waals surface area contributed by atoms with E-state index in [4.69, 9.17) is 5.84 Å². The van der Waals surface area contributed by atoms with Crippen LogP contribution in [0.3, 0.4) is 0 Å². The number of benzene rings is 1. The lowest BCUT2D eigenvalue weighted by Gasteiger charge is -2.08. The molecular formula is C12H12BrN3. The van der Waals surface area contributed by atoms with Crippen molar-refractivity contribution in [1.82, 2.24) is 4.98 Å². The minimum absolute atomic E-state index is 0.639. The summed E-state index contributed by atoms with van der Waals surface area (Å²) < 4.78 is 1.04. The number of nitrogens with zero attached hydrogens (tertiary/aromatic N) is 1. The number of fused-ring (bicyclic) bond motifs is 1. The molecule has 0 aliphatic heterocycles. The maximum atomic E-state index is 5.56. The van der Waals surface area contributed by atoms with Gasteiger partial charge in [-0.2, -0.15) is 0 Å². The van der Waals surface area contributed by atoms with Crippen molar-refractivity contribution in [1.29, 1.82) is 0 Å². The fourth-order valence-electron chi connectivity index (χ4n) is 1.93. The van der Waals surface area contributed by atoms with E-state index in [1.54, 1.807) is 0 Å². The predicted molar refractivity (Wildman–Crippen MR) is 69.2 cm³/mol. The summed E-state index contributed by atoms with van der Waals surface area (Å²) in [5.74, 6) is 6.20. The Hall–Kier alpha value is -1.13. The molecule has 0 amide bonds. The lowest BCUT2D eigenvalue weighted by Crippen LogP contribution is -2.08. The Morgan fingerprint density at radius 2 is 2.12 bits per heavy atom. The molecule has 3 rings (SSSR count). The molecule has 1 aromatic heterocycles. The fourth-order valence-corrected chi connectivity index (χ4v) is 2.29. The zero-order chi connectivity index (χ0) is 11.1. The molecule has 82 valence electrons. The highest BCUT2D eigenvalue weighted by Gasteiger charge is 2.25. The van der Waals surface area contributed by atoms with Crippen LogP contribution in [-0.4, -0.2) is 4.98 Å². The Kier molecular flexibility index (Phi) is 2.33. The van der Waals surface area contributed by atoms with Crippen LogP contribution < -0.4 is 11.3 Å². The Morgan fingerprint density at radius 3 is 2.81 bits per heavy atom. The summed E-state index contributed by atoms with van der Waals surface area (Å²) in [4.78, 5) is 4.67. The molecule has 1 aliphatic carbocycles. The Morgan fingerprint density at radius 1 is 1.31 bits per heavy atom. The summed E-state index contributed by atoms with van der Waals surface area (Å²) in [6, 6.07) is 8.12. The summed E-state index contributed by atoms with van der Waals surface area (Å²) in [7, 11) is 0. The third-order valence-electron chi connectivity index (χ3n) is 2.94. The van der Waals surface area contributed by atoms with Crippen LogP contribution in [0, 0.1) is 0 Å². The van der Waals surface area contributed by atoms with E-state index in [2.05, 4.69) is 32.4 Å². The Balaban J connectivity index is 2.25. The molecule has 0 unspecified atom stereocenters. The Labute approximate surface area is 102 Å². The molecule has 3 nitrogen and oxygen atoms in total. The molecule has 0 spiro atoms. The average molecular weight is 278 g/mol. The van der Waals surface area contributed by atoms with Gasteiger partial charge in [0.05, 0.1) is 11.2 Å². The standard InChI is InChI=1S/C12H12BrN3/c13-8-3-4-10-9(5-8)12(16-14)6-11(15-10)7-1-2-7/h3-7H,1-2,14H2,(H,15,16). The van der Waals surface area contributed by atoms with E-state index in [0.717, 1.165) is 26.8 Å². The van der Waals surface area contributed by atoms with Gasteiger partial charge >= 0.3 is 0 Å². The van der Waals surface area contributed by atoms with E-state index < -0.39 is 0 Å². The van der Waals surface area contributed by atoms with Crippen LogP contribution in [-0.2, 0) is 0 Å². The summed E-state index contributed by atoms with van der Waals surface area (Å²) in [6.45, 7) is 0. The molecule has 1 saturated carbocycles. The molecule has 4 heteroatoms. The number of halogens is 1. The summed E-state index contributed by atoms with van der Waals surface area (Å²) in [5, 5.41) is 1.06. The number of hydrogen-bond acceptors (Lipinski definition) is 3. The zero-order valence-electron chi connectivity index (χ0n) is 8.70. The van der Waals surface area contributed by atoms with Gasteiger partial charge in [-0.25, -0.2) is 0 Å². The Bertz CT molecular complexity index is 549. The maximum Gasteiger partial charge on any atom is 0.0727 e. The van der Waals surface area contributed by atoms with Gasteiger partial charge in [0.15, 0.2) is 0 Å². The van der Waals surface area contributed by atoms with Crippen LogP contribution in [0.5, 0.6) is 0 Å². The lowest BCUT2D eigenvalue weighted by molar-refractivity contribution is 1.04. The summed E-state index contributed by atoms with van der Waals surface area (Å²) in [5.41, 5.74) is 5.87. The number of nitrogen functional groups attached to an aromatic ring is 1. The molecule has 0 bridgehead atoms. The van der Waals surface area contributed by atoms with Gasteiger partial charge in [0.2, 0.25) is 0 Å². The minimum Gasteiger partial charge on any atom is -0.323 e. The van der Waals surface area contributed by atoms with Crippen molar-refractivity contribution in [2.24, 2.45) is 5.84 Å². The molecule has 0 saturated heterocycles. The normalized spacial score (nSPS) is 15.4. The van der Waals surface area contributed by atoms with Gasteiger partial charge in [-0.1, -0.05) is 15.9 Å². The second-order valence-electron chi connectivity index (χ2n) is 4.17. The molecule has 16 heavy (non-hydrogen) atoms. The molecule has 3 N–H and O–H groups in total. The number of anilines is 1. The van der Waals surface area contributed by atoms with Gasteiger partial charge in [-0.15, -0.1) is 0 Å². The van der Waals surface area contributed by atoms with Crippen LogP contribution in [0.15, 0.2) is 28.7 Å². The highest BCUT2D eigenvalue weighted by molar-refractivity contribution is 9.10.